The number of nitrogens with zero attached hydrogens (tertiary/aromatic N) is 2. The van der Waals surface area contributed by atoms with Crippen LogP contribution < -0.4 is 5.32 Å². The zero-order valence-corrected chi connectivity index (χ0v) is 12.8. The topological polar surface area (TPSA) is 62.3 Å². The van der Waals surface area contributed by atoms with Gasteiger partial charge in [0.1, 0.15) is 6.04 Å². The van der Waals surface area contributed by atoms with E-state index in [-0.39, 0.29) is 29.7 Å². The average molecular weight is 293 g/mol. The van der Waals surface area contributed by atoms with E-state index in [1.54, 1.807) is 0 Å². The van der Waals surface area contributed by atoms with E-state index in [1.807, 2.05) is 5.38 Å². The van der Waals surface area contributed by atoms with Crippen LogP contribution >= 0.6 is 11.3 Å². The number of carbonyl (C=O) groups is 2. The average Bonchev–Trinajstić information content (AvgIpc) is 2.97. The lowest BCUT2D eigenvalue weighted by Crippen LogP contribution is -2.36. The smallest absolute Gasteiger partial charge is 0.252 e. The minimum absolute atomic E-state index is 0.00795. The van der Waals surface area contributed by atoms with Crippen molar-refractivity contribution >= 4 is 28.3 Å². The fraction of sp³-hybridized carbons (Fsp3) is 0.643. The summed E-state index contributed by atoms with van der Waals surface area (Å²) in [5.74, 6) is -0.146. The van der Waals surface area contributed by atoms with Gasteiger partial charge in [-0.05, 0) is 12.8 Å². The Morgan fingerprint density at radius 1 is 1.35 bits per heavy atom. The molecule has 1 N–H and O–H groups in total. The van der Waals surface area contributed by atoms with Gasteiger partial charge in [0.05, 0.1) is 12.1 Å². The summed E-state index contributed by atoms with van der Waals surface area (Å²) in [6, 6.07) is -0.287. The highest BCUT2D eigenvalue weighted by Crippen LogP contribution is 2.33. The highest BCUT2D eigenvalue weighted by Gasteiger charge is 2.46. The van der Waals surface area contributed by atoms with Crippen molar-refractivity contribution in [3.8, 4) is 0 Å². The van der Waals surface area contributed by atoms with Gasteiger partial charge in [0, 0.05) is 16.8 Å². The van der Waals surface area contributed by atoms with Gasteiger partial charge in [0.15, 0.2) is 5.13 Å². The minimum atomic E-state index is -0.443. The first-order chi connectivity index (χ1) is 9.36. The highest BCUT2D eigenvalue weighted by molar-refractivity contribution is 7.13. The lowest BCUT2D eigenvalue weighted by Gasteiger charge is -2.15. The molecule has 2 amide bonds. The molecule has 1 unspecified atom stereocenters. The first-order valence-corrected chi connectivity index (χ1v) is 7.82. The predicted molar refractivity (Wildman–Crippen MR) is 77.7 cm³/mol. The molecule has 2 fully saturated rings. The van der Waals surface area contributed by atoms with Crippen LogP contribution in [-0.2, 0) is 15.0 Å². The molecule has 0 aromatic carbocycles. The molecule has 1 saturated carbocycles. The Kier molecular flexibility index (Phi) is 3.08. The van der Waals surface area contributed by atoms with Crippen LogP contribution in [0.4, 0.5) is 5.13 Å². The van der Waals surface area contributed by atoms with Crippen molar-refractivity contribution in [1.82, 2.24) is 9.88 Å². The summed E-state index contributed by atoms with van der Waals surface area (Å²) >= 11 is 1.49. The van der Waals surface area contributed by atoms with Crippen LogP contribution in [0, 0.1) is 0 Å². The van der Waals surface area contributed by atoms with Gasteiger partial charge in [-0.3, -0.25) is 14.5 Å². The van der Waals surface area contributed by atoms with Crippen molar-refractivity contribution in [3.05, 3.63) is 11.1 Å². The van der Waals surface area contributed by atoms with E-state index in [0.29, 0.717) is 0 Å². The number of imide groups is 1. The molecule has 20 heavy (non-hydrogen) atoms. The largest absolute Gasteiger partial charge is 0.349 e. The van der Waals surface area contributed by atoms with E-state index < -0.39 is 6.04 Å². The minimum Gasteiger partial charge on any atom is -0.349 e. The summed E-state index contributed by atoms with van der Waals surface area (Å²) in [6.45, 7) is 6.31. The van der Waals surface area contributed by atoms with Crippen molar-refractivity contribution in [2.24, 2.45) is 0 Å². The Hall–Kier alpha value is -1.43. The normalized spacial score (nSPS) is 23.6. The molecule has 0 bridgehead atoms. The molecule has 0 spiro atoms. The molecule has 108 valence electrons. The number of thiazole rings is 1. The fourth-order valence-electron chi connectivity index (χ4n) is 2.31. The number of carbonyl (C=O) groups excluding carboxylic acids is 2. The predicted octanol–water partition coefficient (Wildman–Crippen LogP) is 2.14. The van der Waals surface area contributed by atoms with E-state index in [2.05, 4.69) is 31.1 Å². The molecule has 2 aliphatic rings. The zero-order valence-electron chi connectivity index (χ0n) is 12.0. The third kappa shape index (κ3) is 2.44. The number of rotatable bonds is 3. The van der Waals surface area contributed by atoms with E-state index >= 15 is 0 Å². The molecule has 1 aliphatic carbocycles. The molecule has 6 heteroatoms. The molecular weight excluding hydrogens is 274 g/mol. The summed E-state index contributed by atoms with van der Waals surface area (Å²) < 4.78 is 0. The first-order valence-electron chi connectivity index (χ1n) is 6.95. The maximum Gasteiger partial charge on any atom is 0.252 e. The third-order valence-corrected chi connectivity index (χ3v) is 4.44. The number of hydrogen-bond acceptors (Lipinski definition) is 5. The summed E-state index contributed by atoms with van der Waals surface area (Å²) in [7, 11) is 0. The second kappa shape index (κ2) is 4.55. The molecule has 1 atom stereocenters. The van der Waals surface area contributed by atoms with Crippen LogP contribution in [0.1, 0.15) is 45.7 Å². The Morgan fingerprint density at radius 2 is 2.05 bits per heavy atom. The Morgan fingerprint density at radius 3 is 2.60 bits per heavy atom. The SMILES string of the molecule is CC(C)(C)c1csc(NC2CC(=O)N(C3CC3)C2=O)n1. The Balaban J connectivity index is 1.71. The van der Waals surface area contributed by atoms with Gasteiger partial charge in [-0.15, -0.1) is 11.3 Å². The number of aromatic nitrogens is 1. The number of likely N-dealkylation sites (tertiary alicyclic amines) is 1. The van der Waals surface area contributed by atoms with Crippen molar-refractivity contribution in [2.45, 2.75) is 57.5 Å². The van der Waals surface area contributed by atoms with Gasteiger partial charge in [-0.25, -0.2) is 4.98 Å². The summed E-state index contributed by atoms with van der Waals surface area (Å²) in [4.78, 5) is 30.1. The molecule has 1 aromatic rings. The standard InChI is InChI=1S/C14H19N3O2S/c1-14(2,3)10-7-20-13(16-10)15-9-6-11(18)17(12(9)19)8-4-5-8/h7-9H,4-6H2,1-3H3,(H,15,16). The molecule has 1 aromatic heterocycles. The lowest BCUT2D eigenvalue weighted by molar-refractivity contribution is -0.139. The second-order valence-corrected chi connectivity index (χ2v) is 7.38. The molecule has 5 nitrogen and oxygen atoms in total. The van der Waals surface area contributed by atoms with Crippen LogP contribution in [0.15, 0.2) is 5.38 Å². The fourth-order valence-corrected chi connectivity index (χ4v) is 3.30. The third-order valence-electron chi connectivity index (χ3n) is 3.67. The van der Waals surface area contributed by atoms with E-state index in [0.717, 1.165) is 23.7 Å². The van der Waals surface area contributed by atoms with Crippen LogP contribution in [0.5, 0.6) is 0 Å². The quantitative estimate of drug-likeness (QED) is 0.867. The van der Waals surface area contributed by atoms with Crippen LogP contribution in [0.25, 0.3) is 0 Å². The van der Waals surface area contributed by atoms with Crippen LogP contribution in [0.2, 0.25) is 0 Å². The van der Waals surface area contributed by atoms with Crippen molar-refractivity contribution in [2.75, 3.05) is 5.32 Å². The van der Waals surface area contributed by atoms with Crippen LogP contribution in [0.3, 0.4) is 0 Å². The van der Waals surface area contributed by atoms with Gasteiger partial charge >= 0.3 is 0 Å². The van der Waals surface area contributed by atoms with E-state index in [1.165, 1.54) is 16.2 Å². The number of hydrogen-bond donors (Lipinski definition) is 1. The van der Waals surface area contributed by atoms with Crippen molar-refractivity contribution in [1.29, 1.82) is 0 Å². The monoisotopic (exact) mass is 293 g/mol. The summed E-state index contributed by atoms with van der Waals surface area (Å²) in [5.41, 5.74) is 0.993. The maximum absolute atomic E-state index is 12.2. The van der Waals surface area contributed by atoms with Gasteiger partial charge < -0.3 is 5.32 Å². The zero-order chi connectivity index (χ0) is 14.5. The number of anilines is 1. The Labute approximate surface area is 122 Å². The van der Waals surface area contributed by atoms with Crippen LogP contribution in [-0.4, -0.2) is 33.8 Å². The second-order valence-electron chi connectivity index (χ2n) is 6.52. The van der Waals surface area contributed by atoms with Gasteiger partial charge in [0.2, 0.25) is 5.91 Å². The van der Waals surface area contributed by atoms with Gasteiger partial charge in [-0.2, -0.15) is 0 Å². The molecule has 2 heterocycles. The lowest BCUT2D eigenvalue weighted by atomic mass is 9.93. The highest BCUT2D eigenvalue weighted by atomic mass is 32.1. The Bertz CT molecular complexity index is 557. The van der Waals surface area contributed by atoms with Crippen molar-refractivity contribution in [3.63, 3.8) is 0 Å². The van der Waals surface area contributed by atoms with E-state index in [9.17, 15) is 9.59 Å². The molecular formula is C14H19N3O2S. The molecule has 1 aliphatic heterocycles. The molecule has 3 rings (SSSR count). The molecule has 1 saturated heterocycles. The van der Waals surface area contributed by atoms with Gasteiger partial charge in [-0.1, -0.05) is 20.8 Å². The summed E-state index contributed by atoms with van der Waals surface area (Å²) in [6.07, 6.45) is 2.16. The number of nitrogens with one attached hydrogen (secondary N) is 1. The molecule has 0 radical (unpaired) electrons. The first kappa shape index (κ1) is 13.5. The van der Waals surface area contributed by atoms with E-state index in [4.69, 9.17) is 0 Å². The number of amides is 2. The van der Waals surface area contributed by atoms with Gasteiger partial charge in [0.25, 0.3) is 5.91 Å². The summed E-state index contributed by atoms with van der Waals surface area (Å²) in [5, 5.41) is 5.84. The van der Waals surface area contributed by atoms with Crippen molar-refractivity contribution < 1.29 is 9.59 Å². The maximum atomic E-state index is 12.2.